The third kappa shape index (κ3) is 6.46. The minimum Gasteiger partial charge on any atom is -0.354 e. The molecule has 1 unspecified atom stereocenters. The molecule has 0 aliphatic carbocycles. The van der Waals surface area contributed by atoms with Crippen molar-refractivity contribution in [2.75, 3.05) is 27.2 Å². The van der Waals surface area contributed by atoms with E-state index < -0.39 is 10.0 Å². The Kier molecular flexibility index (Phi) is 7.53. The first kappa shape index (κ1) is 21.1. The molecular formula is C20H27N3O3S. The molecule has 0 fully saturated rings. The molecule has 0 aliphatic heterocycles. The van der Waals surface area contributed by atoms with Crippen LogP contribution < -0.4 is 10.0 Å². The third-order valence-corrected chi connectivity index (χ3v) is 5.70. The molecule has 27 heavy (non-hydrogen) atoms. The first-order valence-electron chi connectivity index (χ1n) is 8.84. The van der Waals surface area contributed by atoms with Gasteiger partial charge in [0.2, 0.25) is 15.9 Å². The third-order valence-electron chi connectivity index (χ3n) is 4.24. The fraction of sp³-hybridized carbons (Fsp3) is 0.350. The standard InChI is InChI=1S/C20H27N3O3S/c1-16-8-7-11-18(14-16)27(25,26)22-13-12-20(24)21-15-19(23(2)3)17-9-5-4-6-10-17/h4-11,14,19,22H,12-13,15H2,1-3H3,(H,21,24). The molecule has 0 spiro atoms. The van der Waals surface area contributed by atoms with Gasteiger partial charge in [-0.25, -0.2) is 13.1 Å². The number of carbonyl (C=O) groups is 1. The van der Waals surface area contributed by atoms with Gasteiger partial charge in [0.05, 0.1) is 10.9 Å². The first-order valence-corrected chi connectivity index (χ1v) is 10.3. The van der Waals surface area contributed by atoms with Crippen molar-refractivity contribution in [1.29, 1.82) is 0 Å². The van der Waals surface area contributed by atoms with Crippen molar-refractivity contribution >= 4 is 15.9 Å². The number of carbonyl (C=O) groups excluding carboxylic acids is 1. The fourth-order valence-electron chi connectivity index (χ4n) is 2.74. The van der Waals surface area contributed by atoms with Gasteiger partial charge in [-0.1, -0.05) is 42.5 Å². The number of sulfonamides is 1. The topological polar surface area (TPSA) is 78.5 Å². The molecule has 0 saturated heterocycles. The summed E-state index contributed by atoms with van der Waals surface area (Å²) in [5, 5.41) is 2.88. The van der Waals surface area contributed by atoms with E-state index in [1.165, 1.54) is 6.07 Å². The van der Waals surface area contributed by atoms with Crippen LogP contribution in [0.5, 0.6) is 0 Å². The van der Waals surface area contributed by atoms with E-state index in [0.717, 1.165) is 11.1 Å². The molecule has 2 N–H and O–H groups in total. The zero-order valence-corrected chi connectivity index (χ0v) is 16.8. The van der Waals surface area contributed by atoms with Crippen molar-refractivity contribution in [1.82, 2.24) is 14.9 Å². The Morgan fingerprint density at radius 2 is 1.78 bits per heavy atom. The van der Waals surface area contributed by atoms with Crippen LogP contribution in [0.4, 0.5) is 0 Å². The fourth-order valence-corrected chi connectivity index (χ4v) is 3.87. The zero-order chi connectivity index (χ0) is 19.9. The summed E-state index contributed by atoms with van der Waals surface area (Å²) in [5.41, 5.74) is 1.98. The maximum absolute atomic E-state index is 12.3. The average molecular weight is 390 g/mol. The minimum absolute atomic E-state index is 0.0548. The van der Waals surface area contributed by atoms with Gasteiger partial charge >= 0.3 is 0 Å². The Morgan fingerprint density at radius 1 is 1.07 bits per heavy atom. The predicted molar refractivity (Wildman–Crippen MR) is 107 cm³/mol. The van der Waals surface area contributed by atoms with Gasteiger partial charge in [-0.05, 0) is 44.3 Å². The molecular weight excluding hydrogens is 362 g/mol. The van der Waals surface area contributed by atoms with Crippen LogP contribution in [0.3, 0.4) is 0 Å². The lowest BCUT2D eigenvalue weighted by Crippen LogP contribution is -2.36. The number of rotatable bonds is 9. The Morgan fingerprint density at radius 3 is 2.41 bits per heavy atom. The number of nitrogens with one attached hydrogen (secondary N) is 2. The summed E-state index contributed by atoms with van der Waals surface area (Å²) in [6, 6.07) is 16.7. The highest BCUT2D eigenvalue weighted by Crippen LogP contribution is 2.16. The highest BCUT2D eigenvalue weighted by atomic mass is 32.2. The zero-order valence-electron chi connectivity index (χ0n) is 16.0. The predicted octanol–water partition coefficient (Wildman–Crippen LogP) is 2.08. The summed E-state index contributed by atoms with van der Waals surface area (Å²) in [7, 11) is 0.312. The molecule has 0 aromatic heterocycles. The van der Waals surface area contributed by atoms with Crippen LogP contribution in [-0.4, -0.2) is 46.4 Å². The van der Waals surface area contributed by atoms with Gasteiger partial charge in [-0.2, -0.15) is 0 Å². The van der Waals surface area contributed by atoms with Crippen LogP contribution in [-0.2, 0) is 14.8 Å². The van der Waals surface area contributed by atoms with Gasteiger partial charge in [0.1, 0.15) is 0 Å². The van der Waals surface area contributed by atoms with E-state index >= 15 is 0 Å². The number of aryl methyl sites for hydroxylation is 1. The second-order valence-corrected chi connectivity index (χ2v) is 8.43. The SMILES string of the molecule is Cc1cccc(S(=O)(=O)NCCC(=O)NCC(c2ccccc2)N(C)C)c1. The van der Waals surface area contributed by atoms with Crippen molar-refractivity contribution in [3.05, 3.63) is 65.7 Å². The highest BCUT2D eigenvalue weighted by Gasteiger charge is 2.16. The lowest BCUT2D eigenvalue weighted by molar-refractivity contribution is -0.121. The van der Waals surface area contributed by atoms with E-state index in [1.807, 2.05) is 62.3 Å². The van der Waals surface area contributed by atoms with Gasteiger partial charge < -0.3 is 10.2 Å². The normalized spacial score (nSPS) is 12.7. The van der Waals surface area contributed by atoms with Crippen molar-refractivity contribution in [2.45, 2.75) is 24.3 Å². The Balaban J connectivity index is 1.83. The van der Waals surface area contributed by atoms with E-state index in [1.54, 1.807) is 12.1 Å². The van der Waals surface area contributed by atoms with Crippen LogP contribution in [0.25, 0.3) is 0 Å². The molecule has 0 heterocycles. The number of hydrogen-bond acceptors (Lipinski definition) is 4. The first-order chi connectivity index (χ1) is 12.8. The molecule has 146 valence electrons. The number of likely N-dealkylation sites (N-methyl/N-ethyl adjacent to an activating group) is 1. The number of hydrogen-bond donors (Lipinski definition) is 2. The van der Waals surface area contributed by atoms with Crippen molar-refractivity contribution < 1.29 is 13.2 Å². The summed E-state index contributed by atoms with van der Waals surface area (Å²) < 4.78 is 27.0. The molecule has 6 nitrogen and oxygen atoms in total. The van der Waals surface area contributed by atoms with Crippen LogP contribution in [0.15, 0.2) is 59.5 Å². The molecule has 7 heteroatoms. The molecule has 2 rings (SSSR count). The van der Waals surface area contributed by atoms with E-state index in [4.69, 9.17) is 0 Å². The monoisotopic (exact) mass is 389 g/mol. The van der Waals surface area contributed by atoms with Crippen LogP contribution >= 0.6 is 0 Å². The Hall–Kier alpha value is -2.22. The van der Waals surface area contributed by atoms with Crippen LogP contribution in [0.2, 0.25) is 0 Å². The second kappa shape index (κ2) is 9.64. The molecule has 1 atom stereocenters. The molecule has 2 aromatic rings. The Bertz CT molecular complexity index is 852. The Labute approximate surface area is 161 Å². The maximum atomic E-state index is 12.3. The van der Waals surface area contributed by atoms with Crippen molar-refractivity contribution in [2.24, 2.45) is 0 Å². The summed E-state index contributed by atoms with van der Waals surface area (Å²) in [6.07, 6.45) is 0.0833. The molecule has 0 saturated carbocycles. The van der Waals surface area contributed by atoms with Gasteiger partial charge in [0.25, 0.3) is 0 Å². The molecule has 0 aliphatic rings. The number of nitrogens with zero attached hydrogens (tertiary/aromatic N) is 1. The molecule has 1 amide bonds. The number of benzene rings is 2. The van der Waals surface area contributed by atoms with E-state index in [0.29, 0.717) is 6.54 Å². The quantitative estimate of drug-likeness (QED) is 0.688. The summed E-state index contributed by atoms with van der Waals surface area (Å²) in [5.74, 6) is -0.190. The van der Waals surface area contributed by atoms with Crippen molar-refractivity contribution in [3.63, 3.8) is 0 Å². The van der Waals surface area contributed by atoms with E-state index in [2.05, 4.69) is 10.0 Å². The smallest absolute Gasteiger partial charge is 0.240 e. The van der Waals surface area contributed by atoms with Crippen molar-refractivity contribution in [3.8, 4) is 0 Å². The summed E-state index contributed by atoms with van der Waals surface area (Å²) in [4.78, 5) is 14.4. The van der Waals surface area contributed by atoms with E-state index in [-0.39, 0.29) is 29.8 Å². The van der Waals surface area contributed by atoms with E-state index in [9.17, 15) is 13.2 Å². The maximum Gasteiger partial charge on any atom is 0.240 e. The van der Waals surface area contributed by atoms with Gasteiger partial charge in [0.15, 0.2) is 0 Å². The lowest BCUT2D eigenvalue weighted by atomic mass is 10.1. The minimum atomic E-state index is -3.60. The average Bonchev–Trinajstić information content (AvgIpc) is 2.62. The second-order valence-electron chi connectivity index (χ2n) is 6.66. The van der Waals surface area contributed by atoms with Gasteiger partial charge in [0, 0.05) is 19.5 Å². The largest absolute Gasteiger partial charge is 0.354 e. The van der Waals surface area contributed by atoms with Gasteiger partial charge in [-0.3, -0.25) is 4.79 Å². The molecule has 2 aromatic carbocycles. The van der Waals surface area contributed by atoms with Gasteiger partial charge in [-0.15, -0.1) is 0 Å². The molecule has 0 bridgehead atoms. The summed E-state index contributed by atoms with van der Waals surface area (Å²) in [6.45, 7) is 2.35. The molecule has 0 radical (unpaired) electrons. The lowest BCUT2D eigenvalue weighted by Gasteiger charge is -2.25. The van der Waals surface area contributed by atoms with Crippen LogP contribution in [0.1, 0.15) is 23.6 Å². The van der Waals surface area contributed by atoms with Crippen LogP contribution in [0, 0.1) is 6.92 Å². The number of amides is 1. The highest BCUT2D eigenvalue weighted by molar-refractivity contribution is 7.89. The summed E-state index contributed by atoms with van der Waals surface area (Å²) >= 11 is 0.